The number of hydrogen-bond acceptors (Lipinski definition) is 2. The van der Waals surface area contributed by atoms with Crippen LogP contribution in [0.3, 0.4) is 0 Å². The van der Waals surface area contributed by atoms with Gasteiger partial charge in [-0.3, -0.25) is 0 Å². The molecule has 1 aromatic carbocycles. The minimum Gasteiger partial charge on any atom is -0.328 e. The molecular weight excluding hydrogens is 178 g/mol. The fourth-order valence-corrected chi connectivity index (χ4v) is 2.51. The molecule has 2 rings (SSSR count). The Bertz CT molecular complexity index is 403. The van der Waals surface area contributed by atoms with Crippen LogP contribution < -0.4 is 5.73 Å². The smallest absolute Gasteiger partial charge is 0.0345 e. The van der Waals surface area contributed by atoms with Gasteiger partial charge < -0.3 is 5.73 Å². The maximum Gasteiger partial charge on any atom is 0.0345 e. The minimum absolute atomic E-state index is 0.248. The van der Waals surface area contributed by atoms with Crippen LogP contribution in [0.25, 0.3) is 10.1 Å². The molecule has 1 atom stereocenters. The Kier molecular flexibility index (Phi) is 2.34. The molecule has 0 aliphatic carbocycles. The average molecular weight is 191 g/mol. The van der Waals surface area contributed by atoms with Gasteiger partial charge in [0.1, 0.15) is 0 Å². The highest BCUT2D eigenvalue weighted by molar-refractivity contribution is 7.17. The number of hydrogen-bond donors (Lipinski definition) is 1. The van der Waals surface area contributed by atoms with Crippen molar-refractivity contribution in [3.63, 3.8) is 0 Å². The molecule has 1 heterocycles. The van der Waals surface area contributed by atoms with Gasteiger partial charge in [0.2, 0.25) is 0 Å². The molecule has 0 unspecified atom stereocenters. The molecule has 0 fully saturated rings. The lowest BCUT2D eigenvalue weighted by molar-refractivity contribution is 0.743. The molecule has 1 nitrogen and oxygen atoms in total. The SMILES string of the molecule is C[C@@H](N)Cc1csc2ccccc12. The Morgan fingerprint density at radius 2 is 2.15 bits per heavy atom. The summed E-state index contributed by atoms with van der Waals surface area (Å²) < 4.78 is 1.36. The molecule has 0 saturated carbocycles. The van der Waals surface area contributed by atoms with E-state index in [9.17, 15) is 0 Å². The number of benzene rings is 1. The van der Waals surface area contributed by atoms with Gasteiger partial charge in [-0.05, 0) is 35.7 Å². The highest BCUT2D eigenvalue weighted by Gasteiger charge is 2.04. The summed E-state index contributed by atoms with van der Waals surface area (Å²) in [6.07, 6.45) is 0.976. The van der Waals surface area contributed by atoms with Gasteiger partial charge in [-0.2, -0.15) is 0 Å². The van der Waals surface area contributed by atoms with E-state index in [4.69, 9.17) is 5.73 Å². The summed E-state index contributed by atoms with van der Waals surface area (Å²) in [7, 11) is 0. The van der Waals surface area contributed by atoms with Crippen LogP contribution in [0.15, 0.2) is 29.6 Å². The zero-order valence-electron chi connectivity index (χ0n) is 7.66. The van der Waals surface area contributed by atoms with E-state index in [0.29, 0.717) is 0 Å². The predicted molar refractivity (Wildman–Crippen MR) is 59.2 cm³/mol. The Morgan fingerprint density at radius 3 is 2.92 bits per heavy atom. The summed E-state index contributed by atoms with van der Waals surface area (Å²) in [4.78, 5) is 0. The molecule has 68 valence electrons. The topological polar surface area (TPSA) is 26.0 Å². The fraction of sp³-hybridized carbons (Fsp3) is 0.273. The summed E-state index contributed by atoms with van der Waals surface area (Å²) in [5.74, 6) is 0. The second kappa shape index (κ2) is 3.48. The first-order valence-corrected chi connectivity index (χ1v) is 5.36. The van der Waals surface area contributed by atoms with E-state index >= 15 is 0 Å². The van der Waals surface area contributed by atoms with E-state index in [-0.39, 0.29) is 6.04 Å². The van der Waals surface area contributed by atoms with Crippen molar-refractivity contribution >= 4 is 21.4 Å². The zero-order valence-corrected chi connectivity index (χ0v) is 8.47. The van der Waals surface area contributed by atoms with E-state index in [1.54, 1.807) is 11.3 Å². The van der Waals surface area contributed by atoms with Crippen LogP contribution in [-0.2, 0) is 6.42 Å². The van der Waals surface area contributed by atoms with Crippen molar-refractivity contribution in [2.75, 3.05) is 0 Å². The second-order valence-corrected chi connectivity index (χ2v) is 4.35. The van der Waals surface area contributed by atoms with Crippen molar-refractivity contribution in [3.8, 4) is 0 Å². The van der Waals surface area contributed by atoms with Crippen LogP contribution >= 0.6 is 11.3 Å². The maximum absolute atomic E-state index is 5.78. The molecular formula is C11H13NS. The third-order valence-corrected chi connectivity index (χ3v) is 3.12. The lowest BCUT2D eigenvalue weighted by atomic mass is 10.1. The first-order chi connectivity index (χ1) is 6.27. The van der Waals surface area contributed by atoms with Crippen LogP contribution in [0.5, 0.6) is 0 Å². The number of nitrogens with two attached hydrogens (primary N) is 1. The van der Waals surface area contributed by atoms with Crippen molar-refractivity contribution in [2.45, 2.75) is 19.4 Å². The highest BCUT2D eigenvalue weighted by Crippen LogP contribution is 2.26. The normalized spacial score (nSPS) is 13.4. The van der Waals surface area contributed by atoms with E-state index in [0.717, 1.165) is 6.42 Å². The van der Waals surface area contributed by atoms with Crippen molar-refractivity contribution < 1.29 is 0 Å². The van der Waals surface area contributed by atoms with Crippen molar-refractivity contribution in [1.82, 2.24) is 0 Å². The number of thiophene rings is 1. The molecule has 0 aliphatic rings. The van der Waals surface area contributed by atoms with Gasteiger partial charge in [-0.15, -0.1) is 11.3 Å². The molecule has 0 radical (unpaired) electrons. The number of fused-ring (bicyclic) bond motifs is 1. The molecule has 13 heavy (non-hydrogen) atoms. The molecule has 1 aromatic heterocycles. The fourth-order valence-electron chi connectivity index (χ4n) is 1.54. The molecule has 2 heteroatoms. The van der Waals surface area contributed by atoms with Crippen molar-refractivity contribution in [1.29, 1.82) is 0 Å². The van der Waals surface area contributed by atoms with Crippen LogP contribution in [-0.4, -0.2) is 6.04 Å². The second-order valence-electron chi connectivity index (χ2n) is 3.44. The summed E-state index contributed by atoms with van der Waals surface area (Å²) in [5, 5.41) is 3.58. The molecule has 0 saturated heterocycles. The summed E-state index contributed by atoms with van der Waals surface area (Å²) in [5.41, 5.74) is 7.16. The molecule has 2 aromatic rings. The molecule has 0 aliphatic heterocycles. The van der Waals surface area contributed by atoms with E-state index in [1.165, 1.54) is 15.6 Å². The van der Waals surface area contributed by atoms with Crippen molar-refractivity contribution in [3.05, 3.63) is 35.2 Å². The molecule has 2 N–H and O–H groups in total. The highest BCUT2D eigenvalue weighted by atomic mass is 32.1. The first-order valence-electron chi connectivity index (χ1n) is 4.48. The average Bonchev–Trinajstić information content (AvgIpc) is 2.48. The third kappa shape index (κ3) is 1.74. The van der Waals surface area contributed by atoms with Gasteiger partial charge in [0.05, 0.1) is 0 Å². The van der Waals surface area contributed by atoms with Crippen LogP contribution in [0, 0.1) is 0 Å². The summed E-state index contributed by atoms with van der Waals surface area (Å²) in [6, 6.07) is 8.74. The number of rotatable bonds is 2. The van der Waals surface area contributed by atoms with Gasteiger partial charge in [-0.25, -0.2) is 0 Å². The Balaban J connectivity index is 2.46. The summed E-state index contributed by atoms with van der Waals surface area (Å²) >= 11 is 1.80. The molecule has 0 bridgehead atoms. The third-order valence-electron chi connectivity index (χ3n) is 2.10. The molecule has 0 amide bonds. The Morgan fingerprint density at radius 1 is 1.38 bits per heavy atom. The predicted octanol–water partition coefficient (Wildman–Crippen LogP) is 2.79. The monoisotopic (exact) mass is 191 g/mol. The standard InChI is InChI=1S/C11H13NS/c1-8(12)6-9-7-13-11-5-3-2-4-10(9)11/h2-5,7-8H,6,12H2,1H3/t8-/m1/s1. The largest absolute Gasteiger partial charge is 0.328 e. The maximum atomic E-state index is 5.78. The van der Waals surface area contributed by atoms with Crippen LogP contribution in [0.4, 0.5) is 0 Å². The van der Waals surface area contributed by atoms with Crippen LogP contribution in [0.2, 0.25) is 0 Å². The van der Waals surface area contributed by atoms with E-state index in [1.807, 2.05) is 6.92 Å². The van der Waals surface area contributed by atoms with Gasteiger partial charge >= 0.3 is 0 Å². The van der Waals surface area contributed by atoms with Gasteiger partial charge in [0.25, 0.3) is 0 Å². The van der Waals surface area contributed by atoms with Crippen LogP contribution in [0.1, 0.15) is 12.5 Å². The van der Waals surface area contributed by atoms with Gasteiger partial charge in [-0.1, -0.05) is 18.2 Å². The zero-order chi connectivity index (χ0) is 9.26. The van der Waals surface area contributed by atoms with Crippen molar-refractivity contribution in [2.24, 2.45) is 5.73 Å². The van der Waals surface area contributed by atoms with Gasteiger partial charge in [0, 0.05) is 10.7 Å². The lowest BCUT2D eigenvalue weighted by Crippen LogP contribution is -2.17. The lowest BCUT2D eigenvalue weighted by Gasteiger charge is -2.02. The quantitative estimate of drug-likeness (QED) is 0.776. The first kappa shape index (κ1) is 8.73. The van der Waals surface area contributed by atoms with E-state index < -0.39 is 0 Å². The van der Waals surface area contributed by atoms with Gasteiger partial charge in [0.15, 0.2) is 0 Å². The Hall–Kier alpha value is -0.860. The van der Waals surface area contributed by atoms with E-state index in [2.05, 4.69) is 29.6 Å². The Labute approximate surface area is 82.2 Å². The molecule has 0 spiro atoms. The summed E-state index contributed by atoms with van der Waals surface area (Å²) in [6.45, 7) is 2.05. The minimum atomic E-state index is 0.248.